The lowest BCUT2D eigenvalue weighted by molar-refractivity contribution is -0.111. The van der Waals surface area contributed by atoms with Gasteiger partial charge in [0.05, 0.1) is 19.8 Å². The van der Waals surface area contributed by atoms with Crippen molar-refractivity contribution in [2.45, 2.75) is 27.2 Å². The fourth-order valence-electron chi connectivity index (χ4n) is 3.35. The number of rotatable bonds is 9. The van der Waals surface area contributed by atoms with Crippen molar-refractivity contribution in [3.8, 4) is 0 Å². The molecule has 0 N–H and O–H groups in total. The number of sulfone groups is 2. The van der Waals surface area contributed by atoms with Gasteiger partial charge in [-0.05, 0) is 54.8 Å². The monoisotopic (exact) mass is 510 g/mol. The SMILES string of the molecule is O=C[C@H](Cc1ccc(Cl)c(Cl)c1)CC(S(=O)(=O)c1ccccc1)S(=O)(=O)c1ccccc1. The molecule has 0 aliphatic carbocycles. The van der Waals surface area contributed by atoms with Crippen LogP contribution in [0.3, 0.4) is 0 Å². The molecule has 0 unspecified atom stereocenters. The van der Waals surface area contributed by atoms with Crippen LogP contribution < -0.4 is 0 Å². The van der Waals surface area contributed by atoms with E-state index in [1.165, 1.54) is 48.5 Å². The van der Waals surface area contributed by atoms with E-state index >= 15 is 0 Å². The highest BCUT2D eigenvalue weighted by atomic mass is 35.5. The van der Waals surface area contributed by atoms with Crippen molar-refractivity contribution in [2.24, 2.45) is 5.92 Å². The molecule has 5 nitrogen and oxygen atoms in total. The average molecular weight is 511 g/mol. The second-order valence-corrected chi connectivity index (χ2v) is 12.6. The Hall–Kier alpha value is -2.19. The molecular weight excluding hydrogens is 491 g/mol. The molecule has 1 atom stereocenters. The van der Waals surface area contributed by atoms with Crippen LogP contribution in [-0.2, 0) is 30.9 Å². The molecular formula is C23H20Cl2O5S2. The highest BCUT2D eigenvalue weighted by molar-refractivity contribution is 8.09. The largest absolute Gasteiger partial charge is 0.303 e. The zero-order valence-corrected chi connectivity index (χ0v) is 19.9. The third kappa shape index (κ3) is 5.41. The zero-order valence-electron chi connectivity index (χ0n) is 16.8. The number of hydrogen-bond acceptors (Lipinski definition) is 5. The van der Waals surface area contributed by atoms with Crippen LogP contribution in [0.15, 0.2) is 88.7 Å². The van der Waals surface area contributed by atoms with Gasteiger partial charge >= 0.3 is 0 Å². The van der Waals surface area contributed by atoms with Gasteiger partial charge in [-0.3, -0.25) is 0 Å². The first-order chi connectivity index (χ1) is 15.2. The molecule has 0 aliphatic heterocycles. The van der Waals surface area contributed by atoms with Gasteiger partial charge in [0.2, 0.25) is 0 Å². The van der Waals surface area contributed by atoms with E-state index in [9.17, 15) is 21.6 Å². The van der Waals surface area contributed by atoms with Crippen LogP contribution in [-0.4, -0.2) is 27.7 Å². The van der Waals surface area contributed by atoms with E-state index in [0.29, 0.717) is 21.9 Å². The summed E-state index contributed by atoms with van der Waals surface area (Å²) in [6.07, 6.45) is 0.292. The Labute approximate surface area is 197 Å². The van der Waals surface area contributed by atoms with Crippen LogP contribution in [0.25, 0.3) is 0 Å². The molecule has 0 radical (unpaired) electrons. The third-order valence-corrected chi connectivity index (χ3v) is 10.9. The average Bonchev–Trinajstić information content (AvgIpc) is 2.79. The van der Waals surface area contributed by atoms with Crippen molar-refractivity contribution in [2.75, 3.05) is 0 Å². The number of halogens is 2. The Bertz CT molecular complexity index is 1220. The van der Waals surface area contributed by atoms with E-state index < -0.39 is 36.6 Å². The van der Waals surface area contributed by atoms with Gasteiger partial charge in [0.1, 0.15) is 6.29 Å². The maximum absolute atomic E-state index is 13.4. The van der Waals surface area contributed by atoms with Crippen molar-refractivity contribution in [3.05, 3.63) is 94.5 Å². The van der Waals surface area contributed by atoms with Crippen molar-refractivity contribution >= 4 is 49.2 Å². The lowest BCUT2D eigenvalue weighted by Crippen LogP contribution is -2.33. The molecule has 0 saturated heterocycles. The molecule has 3 aromatic rings. The minimum Gasteiger partial charge on any atom is -0.303 e. The molecule has 0 bridgehead atoms. The van der Waals surface area contributed by atoms with Gasteiger partial charge in [-0.2, -0.15) is 0 Å². The van der Waals surface area contributed by atoms with E-state index in [0.717, 1.165) is 0 Å². The summed E-state index contributed by atoms with van der Waals surface area (Å²) in [7, 11) is -8.63. The highest BCUT2D eigenvalue weighted by Crippen LogP contribution is 2.31. The zero-order chi connectivity index (χ0) is 23.4. The summed E-state index contributed by atoms with van der Waals surface area (Å²) < 4.78 is 51.8. The first-order valence-corrected chi connectivity index (χ1v) is 13.5. The molecule has 0 heterocycles. The van der Waals surface area contributed by atoms with Gasteiger partial charge in [-0.1, -0.05) is 65.7 Å². The van der Waals surface area contributed by atoms with Gasteiger partial charge in [-0.15, -0.1) is 0 Å². The summed E-state index contributed by atoms with van der Waals surface area (Å²) >= 11 is 12.0. The molecule has 0 fully saturated rings. The van der Waals surface area contributed by atoms with Crippen LogP contribution in [0.1, 0.15) is 12.0 Å². The molecule has 9 heteroatoms. The summed E-state index contributed by atoms with van der Waals surface area (Å²) in [5.74, 6) is -0.880. The van der Waals surface area contributed by atoms with Crippen molar-refractivity contribution < 1.29 is 21.6 Å². The topological polar surface area (TPSA) is 85.3 Å². The maximum Gasteiger partial charge on any atom is 0.195 e. The molecule has 0 spiro atoms. The Morgan fingerprint density at radius 3 is 1.66 bits per heavy atom. The summed E-state index contributed by atoms with van der Waals surface area (Å²) in [6.45, 7) is 0. The van der Waals surface area contributed by atoms with E-state index in [1.54, 1.807) is 30.3 Å². The van der Waals surface area contributed by atoms with Crippen LogP contribution >= 0.6 is 23.2 Å². The molecule has 0 aliphatic rings. The normalized spacial score (nSPS) is 13.1. The van der Waals surface area contributed by atoms with E-state index in [-0.39, 0.29) is 16.2 Å². The third-order valence-electron chi connectivity index (χ3n) is 5.01. The summed E-state index contributed by atoms with van der Waals surface area (Å²) in [6, 6.07) is 19.5. The highest BCUT2D eigenvalue weighted by Gasteiger charge is 2.41. The van der Waals surface area contributed by atoms with Gasteiger partial charge < -0.3 is 4.79 Å². The van der Waals surface area contributed by atoms with Gasteiger partial charge in [-0.25, -0.2) is 16.8 Å². The molecule has 0 saturated carbocycles. The van der Waals surface area contributed by atoms with Crippen molar-refractivity contribution in [3.63, 3.8) is 0 Å². The first kappa shape index (κ1) is 24.5. The quantitative estimate of drug-likeness (QED) is 0.377. The van der Waals surface area contributed by atoms with Gasteiger partial charge in [0.15, 0.2) is 24.3 Å². The second kappa shape index (κ2) is 10.2. The molecule has 0 aromatic heterocycles. The molecule has 3 aromatic carbocycles. The standard InChI is InChI=1S/C23H20Cl2O5S2/c24-21-12-11-17(14-22(21)25)13-18(16-26)15-23(31(27,28)19-7-3-1-4-8-19)32(29,30)20-9-5-2-6-10-20/h1-12,14,16,18,23H,13,15H2/t18-/m1/s1. The number of benzene rings is 3. The fraction of sp³-hybridized carbons (Fsp3) is 0.174. The van der Waals surface area contributed by atoms with E-state index in [1.807, 2.05) is 0 Å². The lowest BCUT2D eigenvalue weighted by Gasteiger charge is -2.21. The molecule has 0 amide bonds. The minimum atomic E-state index is -4.31. The predicted octanol–water partition coefficient (Wildman–Crippen LogP) is 5.02. The molecule has 168 valence electrons. The first-order valence-electron chi connectivity index (χ1n) is 9.63. The van der Waals surface area contributed by atoms with Crippen LogP contribution in [0.5, 0.6) is 0 Å². The van der Waals surface area contributed by atoms with E-state index in [4.69, 9.17) is 23.2 Å². The predicted molar refractivity (Wildman–Crippen MR) is 125 cm³/mol. The van der Waals surface area contributed by atoms with Crippen LogP contribution in [0.4, 0.5) is 0 Å². The number of hydrogen-bond donors (Lipinski definition) is 0. The van der Waals surface area contributed by atoms with Crippen LogP contribution in [0.2, 0.25) is 10.0 Å². The molecule has 32 heavy (non-hydrogen) atoms. The Morgan fingerprint density at radius 2 is 1.22 bits per heavy atom. The Balaban J connectivity index is 2.03. The van der Waals surface area contributed by atoms with Gasteiger partial charge in [0, 0.05) is 5.92 Å². The minimum absolute atomic E-state index is 0.117. The van der Waals surface area contributed by atoms with E-state index in [2.05, 4.69) is 0 Å². The smallest absolute Gasteiger partial charge is 0.195 e. The lowest BCUT2D eigenvalue weighted by atomic mass is 9.98. The fourth-order valence-corrected chi connectivity index (χ4v) is 8.35. The van der Waals surface area contributed by atoms with Crippen molar-refractivity contribution in [1.29, 1.82) is 0 Å². The maximum atomic E-state index is 13.4. The number of carbonyl (C=O) groups excluding carboxylic acids is 1. The van der Waals surface area contributed by atoms with Gasteiger partial charge in [0.25, 0.3) is 0 Å². The van der Waals surface area contributed by atoms with Crippen LogP contribution in [0, 0.1) is 5.92 Å². The summed E-state index contributed by atoms with van der Waals surface area (Å²) in [4.78, 5) is 11.6. The number of aldehydes is 1. The Kier molecular flexibility index (Phi) is 7.77. The summed E-state index contributed by atoms with van der Waals surface area (Å²) in [5, 5.41) is 0.633. The number of carbonyl (C=O) groups is 1. The second-order valence-electron chi connectivity index (χ2n) is 7.23. The molecule has 3 rings (SSSR count). The van der Waals surface area contributed by atoms with Crippen molar-refractivity contribution in [1.82, 2.24) is 0 Å². The summed E-state index contributed by atoms with van der Waals surface area (Å²) in [5.41, 5.74) is 0.643. The Morgan fingerprint density at radius 1 is 0.719 bits per heavy atom.